The molecule has 0 radical (unpaired) electrons. The van der Waals surface area contributed by atoms with Crippen LogP contribution in [0.2, 0.25) is 0 Å². The number of halogens is 1. The van der Waals surface area contributed by atoms with Crippen LogP contribution in [-0.4, -0.2) is 21.2 Å². The van der Waals surface area contributed by atoms with Crippen LogP contribution in [0.4, 0.5) is 0 Å². The summed E-state index contributed by atoms with van der Waals surface area (Å²) in [5, 5.41) is 11.9. The zero-order valence-corrected chi connectivity index (χ0v) is 8.93. The van der Waals surface area contributed by atoms with E-state index in [1.165, 1.54) is 0 Å². The highest BCUT2D eigenvalue weighted by atomic mass is 79.9. The number of carbonyl (C=O) groups is 1. The number of hydrogen-bond donors (Lipinski definition) is 1. The number of aromatic carboxylic acids is 1. The van der Waals surface area contributed by atoms with E-state index in [0.717, 1.165) is 4.47 Å². The number of nitrogens with zero attached hydrogens (tertiary/aromatic N) is 2. The van der Waals surface area contributed by atoms with Crippen LogP contribution in [0, 0.1) is 0 Å². The number of benzene rings is 1. The third-order valence-corrected chi connectivity index (χ3v) is 2.24. The Morgan fingerprint density at radius 3 is 2.53 bits per heavy atom. The van der Waals surface area contributed by atoms with Crippen molar-refractivity contribution in [1.29, 1.82) is 0 Å². The first-order valence-electron chi connectivity index (χ1n) is 4.00. The second-order valence-electron chi connectivity index (χ2n) is 2.74. The first kappa shape index (κ1) is 9.85. The van der Waals surface area contributed by atoms with Gasteiger partial charge >= 0.3 is 5.97 Å². The van der Waals surface area contributed by atoms with E-state index in [9.17, 15) is 4.79 Å². The predicted molar refractivity (Wildman–Crippen MR) is 54.4 cm³/mol. The van der Waals surface area contributed by atoms with Crippen LogP contribution in [0.15, 0.2) is 33.3 Å². The second-order valence-corrected chi connectivity index (χ2v) is 3.65. The number of hydrogen-bond acceptors (Lipinski definition) is 4. The van der Waals surface area contributed by atoms with Gasteiger partial charge < -0.3 is 9.63 Å². The van der Waals surface area contributed by atoms with Gasteiger partial charge in [-0.05, 0) is 29.4 Å². The molecule has 0 aliphatic carbocycles. The molecule has 2 rings (SSSR count). The molecule has 0 bridgehead atoms. The van der Waals surface area contributed by atoms with Crippen molar-refractivity contribution >= 4 is 21.9 Å². The van der Waals surface area contributed by atoms with E-state index in [-0.39, 0.29) is 11.7 Å². The van der Waals surface area contributed by atoms with Crippen LogP contribution in [0.1, 0.15) is 10.6 Å². The normalized spacial score (nSPS) is 10.2. The summed E-state index contributed by atoms with van der Waals surface area (Å²) in [7, 11) is 0. The maximum atomic E-state index is 10.5. The molecule has 0 aliphatic rings. The predicted octanol–water partition coefficient (Wildman–Crippen LogP) is 2.20. The molecule has 0 amide bonds. The molecule has 1 N–H and O–H groups in total. The lowest BCUT2D eigenvalue weighted by molar-refractivity contribution is 0.0680. The molecule has 0 saturated heterocycles. The fourth-order valence-electron chi connectivity index (χ4n) is 1.02. The number of aromatic nitrogens is 2. The summed E-state index contributed by atoms with van der Waals surface area (Å²) in [5.74, 6) is -1.35. The average Bonchev–Trinajstić information content (AvgIpc) is 2.68. The topological polar surface area (TPSA) is 76.2 Å². The van der Waals surface area contributed by atoms with Gasteiger partial charge in [-0.1, -0.05) is 15.9 Å². The number of carboxylic acid groups (broad SMARTS) is 1. The molecule has 1 heterocycles. The molecule has 76 valence electrons. The lowest BCUT2D eigenvalue weighted by Crippen LogP contribution is -1.98. The fourth-order valence-corrected chi connectivity index (χ4v) is 1.28. The summed E-state index contributed by atoms with van der Waals surface area (Å²) < 4.78 is 5.72. The summed E-state index contributed by atoms with van der Waals surface area (Å²) in [4.78, 5) is 14.2. The van der Waals surface area contributed by atoms with Gasteiger partial charge in [0.05, 0.1) is 0 Å². The summed E-state index contributed by atoms with van der Waals surface area (Å²) in [5.41, 5.74) is 0.679. The van der Waals surface area contributed by atoms with Crippen molar-refractivity contribution < 1.29 is 14.4 Å². The standard InChI is InChI=1S/C9H5BrN2O3/c10-6-3-1-5(2-4-6)8-11-7(9(13)14)12-15-8/h1-4H,(H,13,14). The number of rotatable bonds is 2. The molecule has 0 fully saturated rings. The maximum absolute atomic E-state index is 10.5. The largest absolute Gasteiger partial charge is 0.475 e. The van der Waals surface area contributed by atoms with Crippen molar-refractivity contribution in [2.24, 2.45) is 0 Å². The Bertz CT molecular complexity index is 492. The molecule has 1 aromatic heterocycles. The van der Waals surface area contributed by atoms with Crippen molar-refractivity contribution in [2.75, 3.05) is 0 Å². The Kier molecular flexibility index (Phi) is 2.51. The van der Waals surface area contributed by atoms with Crippen LogP contribution in [-0.2, 0) is 0 Å². The summed E-state index contributed by atoms with van der Waals surface area (Å²) in [6.45, 7) is 0. The van der Waals surface area contributed by atoms with E-state index in [4.69, 9.17) is 9.63 Å². The zero-order valence-electron chi connectivity index (χ0n) is 7.35. The first-order valence-corrected chi connectivity index (χ1v) is 4.79. The molecule has 0 unspecified atom stereocenters. The van der Waals surface area contributed by atoms with Crippen LogP contribution >= 0.6 is 15.9 Å². The van der Waals surface area contributed by atoms with Crippen molar-refractivity contribution in [1.82, 2.24) is 10.1 Å². The summed E-state index contributed by atoms with van der Waals surface area (Å²) in [6.07, 6.45) is 0. The van der Waals surface area contributed by atoms with E-state index in [0.29, 0.717) is 5.56 Å². The minimum atomic E-state index is -1.21. The SMILES string of the molecule is O=C(O)c1noc(-c2ccc(Br)cc2)n1. The van der Waals surface area contributed by atoms with Gasteiger partial charge in [0, 0.05) is 10.0 Å². The zero-order chi connectivity index (χ0) is 10.8. The highest BCUT2D eigenvalue weighted by Crippen LogP contribution is 2.19. The Balaban J connectivity index is 2.37. The third-order valence-electron chi connectivity index (χ3n) is 1.71. The Hall–Kier alpha value is -1.69. The summed E-state index contributed by atoms with van der Waals surface area (Å²) in [6, 6.07) is 7.12. The van der Waals surface area contributed by atoms with E-state index in [1.54, 1.807) is 24.3 Å². The van der Waals surface area contributed by atoms with Crippen molar-refractivity contribution in [2.45, 2.75) is 0 Å². The molecule has 5 nitrogen and oxygen atoms in total. The number of carboxylic acids is 1. The van der Waals surface area contributed by atoms with Gasteiger partial charge in [0.1, 0.15) is 0 Å². The van der Waals surface area contributed by atoms with Crippen LogP contribution in [0.5, 0.6) is 0 Å². The van der Waals surface area contributed by atoms with Crippen molar-refractivity contribution in [3.63, 3.8) is 0 Å². The van der Waals surface area contributed by atoms with Gasteiger partial charge in [0.2, 0.25) is 0 Å². The molecule has 0 atom stereocenters. The Labute approximate surface area is 92.9 Å². The summed E-state index contributed by atoms with van der Waals surface area (Å²) >= 11 is 3.29. The van der Waals surface area contributed by atoms with Crippen LogP contribution in [0.3, 0.4) is 0 Å². The molecule has 6 heteroatoms. The van der Waals surface area contributed by atoms with E-state index in [1.807, 2.05) is 0 Å². The molecule has 0 spiro atoms. The second kappa shape index (κ2) is 3.82. The maximum Gasteiger partial charge on any atom is 0.377 e. The third kappa shape index (κ3) is 2.04. The fraction of sp³-hybridized carbons (Fsp3) is 0. The van der Waals surface area contributed by atoms with Crippen LogP contribution in [0.25, 0.3) is 11.5 Å². The van der Waals surface area contributed by atoms with Crippen molar-refractivity contribution in [3.8, 4) is 11.5 Å². The van der Waals surface area contributed by atoms with Gasteiger partial charge in [0.15, 0.2) is 0 Å². The molecular weight excluding hydrogens is 264 g/mol. The monoisotopic (exact) mass is 268 g/mol. The Morgan fingerprint density at radius 2 is 2.00 bits per heavy atom. The highest BCUT2D eigenvalue weighted by Gasteiger charge is 2.13. The molecule has 15 heavy (non-hydrogen) atoms. The average molecular weight is 269 g/mol. The van der Waals surface area contributed by atoms with Gasteiger partial charge in [0.25, 0.3) is 11.7 Å². The first-order chi connectivity index (χ1) is 7.16. The van der Waals surface area contributed by atoms with E-state index < -0.39 is 5.97 Å². The van der Waals surface area contributed by atoms with Gasteiger partial charge in [-0.15, -0.1) is 0 Å². The lowest BCUT2D eigenvalue weighted by Gasteiger charge is -1.92. The highest BCUT2D eigenvalue weighted by molar-refractivity contribution is 9.10. The molecule has 0 aliphatic heterocycles. The smallest absolute Gasteiger partial charge is 0.377 e. The molecule has 2 aromatic rings. The van der Waals surface area contributed by atoms with Gasteiger partial charge in [-0.25, -0.2) is 4.79 Å². The Morgan fingerprint density at radius 1 is 1.33 bits per heavy atom. The van der Waals surface area contributed by atoms with Crippen molar-refractivity contribution in [3.05, 3.63) is 34.6 Å². The molecule has 1 aromatic carbocycles. The molecular formula is C9H5BrN2O3. The molecule has 0 saturated carbocycles. The minimum Gasteiger partial charge on any atom is -0.475 e. The van der Waals surface area contributed by atoms with E-state index in [2.05, 4.69) is 26.1 Å². The van der Waals surface area contributed by atoms with Crippen LogP contribution < -0.4 is 0 Å². The quantitative estimate of drug-likeness (QED) is 0.904. The van der Waals surface area contributed by atoms with Gasteiger partial charge in [-0.3, -0.25) is 0 Å². The van der Waals surface area contributed by atoms with Gasteiger partial charge in [-0.2, -0.15) is 4.98 Å². The lowest BCUT2D eigenvalue weighted by atomic mass is 10.2. The van der Waals surface area contributed by atoms with E-state index >= 15 is 0 Å². The minimum absolute atomic E-state index is 0.194.